The molecule has 154 valence electrons. The summed E-state index contributed by atoms with van der Waals surface area (Å²) in [5, 5.41) is 0.512. The van der Waals surface area contributed by atoms with Gasteiger partial charge < -0.3 is 4.74 Å². The van der Waals surface area contributed by atoms with Crippen LogP contribution in [0.5, 0.6) is 0 Å². The van der Waals surface area contributed by atoms with Crippen LogP contribution in [0, 0.1) is 5.92 Å². The summed E-state index contributed by atoms with van der Waals surface area (Å²) in [6.45, 7) is 1.95. The van der Waals surface area contributed by atoms with Gasteiger partial charge in [0.15, 0.2) is 6.79 Å². The van der Waals surface area contributed by atoms with E-state index in [2.05, 4.69) is 6.92 Å². The highest BCUT2D eigenvalue weighted by atomic mass is 35.5. The van der Waals surface area contributed by atoms with Crippen molar-refractivity contribution in [3.8, 4) is 0 Å². The number of hydrogen-bond donors (Lipinski definition) is 0. The van der Waals surface area contributed by atoms with Gasteiger partial charge in [-0.1, -0.05) is 85.3 Å². The molecule has 2 aromatic rings. The van der Waals surface area contributed by atoms with Gasteiger partial charge in [-0.2, -0.15) is 0 Å². The van der Waals surface area contributed by atoms with E-state index in [-0.39, 0.29) is 20.0 Å². The highest BCUT2D eigenvalue weighted by Gasteiger charge is 2.28. The van der Waals surface area contributed by atoms with Crippen LogP contribution in [-0.2, 0) is 36.1 Å². The molecule has 0 spiro atoms. The van der Waals surface area contributed by atoms with E-state index in [0.29, 0.717) is 16.7 Å². The molecule has 0 aromatic heterocycles. The van der Waals surface area contributed by atoms with Gasteiger partial charge in [-0.15, -0.1) is 0 Å². The lowest BCUT2D eigenvalue weighted by molar-refractivity contribution is 0.0152. The van der Waals surface area contributed by atoms with E-state index in [4.69, 9.17) is 29.9 Å². The minimum Gasteiger partial charge on any atom is -0.466 e. The van der Waals surface area contributed by atoms with Crippen molar-refractivity contribution >= 4 is 19.4 Å². The lowest BCUT2D eigenvalue weighted by atomic mass is 10.0. The van der Waals surface area contributed by atoms with Crippen LogP contribution in [0.1, 0.15) is 24.5 Å². The molecule has 0 amide bonds. The quantitative estimate of drug-likeness (QED) is 0.313. The monoisotopic (exact) mass is 434 g/mol. The summed E-state index contributed by atoms with van der Waals surface area (Å²) >= 11 is 6.19. The normalized spacial score (nSPS) is 16.8. The third-order valence-corrected chi connectivity index (χ3v) is 5.86. The molecule has 1 aliphatic rings. The largest absolute Gasteiger partial charge is 0.478 e. The molecule has 7 heteroatoms. The van der Waals surface area contributed by atoms with Crippen molar-refractivity contribution in [2.45, 2.75) is 26.6 Å². The molecule has 0 radical (unpaired) electrons. The summed E-state index contributed by atoms with van der Waals surface area (Å²) < 4.78 is 35.2. The zero-order valence-corrected chi connectivity index (χ0v) is 17.9. The molecule has 0 saturated heterocycles. The Kier molecular flexibility index (Phi) is 8.10. The predicted octanol–water partition coefficient (Wildman–Crippen LogP) is 6.57. The Balaban J connectivity index is 1.60. The first-order valence-electron chi connectivity index (χ1n) is 9.36. The molecule has 1 unspecified atom stereocenters. The molecule has 5 nitrogen and oxygen atoms in total. The van der Waals surface area contributed by atoms with Gasteiger partial charge in [-0.25, -0.2) is 9.09 Å². The van der Waals surface area contributed by atoms with Gasteiger partial charge in [0.05, 0.1) is 18.2 Å². The summed E-state index contributed by atoms with van der Waals surface area (Å²) in [7, 11) is -3.86. The molecule has 1 atom stereocenters. The van der Waals surface area contributed by atoms with Gasteiger partial charge in [-0.3, -0.25) is 9.05 Å². The molecule has 0 bridgehead atoms. The van der Waals surface area contributed by atoms with Crippen LogP contribution < -0.4 is 0 Å². The SMILES string of the molecule is CC1C=C(Cl)C(OCOP(=O)(OCc2ccccc2)OCc2ccccc2)=CC1. The van der Waals surface area contributed by atoms with Gasteiger partial charge in [0.25, 0.3) is 0 Å². The van der Waals surface area contributed by atoms with Crippen molar-refractivity contribution in [2.24, 2.45) is 5.92 Å². The van der Waals surface area contributed by atoms with E-state index in [1.165, 1.54) is 0 Å². The van der Waals surface area contributed by atoms with Gasteiger partial charge in [0, 0.05) is 0 Å². The lowest BCUT2D eigenvalue weighted by Gasteiger charge is -2.20. The molecule has 0 aliphatic heterocycles. The van der Waals surface area contributed by atoms with E-state index < -0.39 is 7.82 Å². The van der Waals surface area contributed by atoms with Crippen molar-refractivity contribution in [3.05, 3.63) is 94.7 Å². The van der Waals surface area contributed by atoms with E-state index in [1.54, 1.807) is 0 Å². The van der Waals surface area contributed by atoms with Crippen molar-refractivity contribution < 1.29 is 22.9 Å². The van der Waals surface area contributed by atoms with Crippen molar-refractivity contribution in [1.82, 2.24) is 0 Å². The maximum atomic E-state index is 13.1. The maximum absolute atomic E-state index is 13.1. The Morgan fingerprint density at radius 3 is 2.00 bits per heavy atom. The average molecular weight is 435 g/mol. The average Bonchev–Trinajstić information content (AvgIpc) is 2.74. The number of benzene rings is 2. The molecule has 0 saturated carbocycles. The smallest absolute Gasteiger partial charge is 0.466 e. The van der Waals surface area contributed by atoms with Crippen LogP contribution in [0.4, 0.5) is 0 Å². The van der Waals surface area contributed by atoms with Crippen molar-refractivity contribution in [2.75, 3.05) is 6.79 Å². The second-order valence-corrected chi connectivity index (χ2v) is 8.73. The Morgan fingerprint density at radius 1 is 0.931 bits per heavy atom. The first kappa shape index (κ1) is 21.8. The van der Waals surface area contributed by atoms with Gasteiger partial charge >= 0.3 is 7.82 Å². The fourth-order valence-electron chi connectivity index (χ4n) is 2.64. The molecular weight excluding hydrogens is 411 g/mol. The van der Waals surface area contributed by atoms with Gasteiger partial charge in [0.1, 0.15) is 5.76 Å². The summed E-state index contributed by atoms with van der Waals surface area (Å²) in [5.74, 6) is 0.854. The number of allylic oxidation sites excluding steroid dienone is 3. The fourth-order valence-corrected chi connectivity index (χ4v) is 4.01. The van der Waals surface area contributed by atoms with Crippen LogP contribution in [0.25, 0.3) is 0 Å². The minimum absolute atomic E-state index is 0.0910. The Hall–Kier alpha value is -1.88. The number of hydrogen-bond acceptors (Lipinski definition) is 5. The number of halogens is 1. The van der Waals surface area contributed by atoms with Crippen LogP contribution in [0.2, 0.25) is 0 Å². The van der Waals surface area contributed by atoms with E-state index >= 15 is 0 Å². The van der Waals surface area contributed by atoms with Crippen LogP contribution in [0.15, 0.2) is 83.6 Å². The third-order valence-electron chi connectivity index (χ3n) is 4.23. The number of ether oxygens (including phenoxy) is 1. The third kappa shape index (κ3) is 7.14. The first-order valence-corrected chi connectivity index (χ1v) is 11.2. The standard InChI is InChI=1S/C22H24ClO5P/c1-18-12-13-22(21(23)14-18)25-17-28-29(24,26-15-19-8-4-2-5-9-19)27-16-20-10-6-3-7-11-20/h2-11,13-14,18H,12,15-17H2,1H3. The molecule has 29 heavy (non-hydrogen) atoms. The molecule has 0 fully saturated rings. The van der Waals surface area contributed by atoms with E-state index in [9.17, 15) is 4.57 Å². The van der Waals surface area contributed by atoms with Crippen LogP contribution in [0.3, 0.4) is 0 Å². The Labute approximate surface area is 176 Å². The molecule has 2 aromatic carbocycles. The second-order valence-electron chi connectivity index (χ2n) is 6.65. The molecule has 3 rings (SSSR count). The van der Waals surface area contributed by atoms with Crippen LogP contribution in [-0.4, -0.2) is 6.79 Å². The van der Waals surface area contributed by atoms with E-state index in [1.807, 2.05) is 72.8 Å². The molecule has 1 aliphatic carbocycles. The number of rotatable bonds is 10. The van der Waals surface area contributed by atoms with Crippen LogP contribution >= 0.6 is 19.4 Å². The topological polar surface area (TPSA) is 54.0 Å². The summed E-state index contributed by atoms with van der Waals surface area (Å²) in [5.41, 5.74) is 1.71. The molecule has 0 heterocycles. The Morgan fingerprint density at radius 2 is 1.48 bits per heavy atom. The molecule has 0 N–H and O–H groups in total. The first-order chi connectivity index (χ1) is 14.0. The lowest BCUT2D eigenvalue weighted by Crippen LogP contribution is -2.07. The number of phosphoric ester groups is 1. The van der Waals surface area contributed by atoms with Crippen molar-refractivity contribution in [3.63, 3.8) is 0 Å². The highest BCUT2D eigenvalue weighted by Crippen LogP contribution is 2.51. The molecular formula is C22H24ClO5P. The second kappa shape index (κ2) is 10.8. The number of phosphoric acid groups is 1. The highest BCUT2D eigenvalue weighted by molar-refractivity contribution is 7.48. The fraction of sp³-hybridized carbons (Fsp3) is 0.273. The van der Waals surface area contributed by atoms with Crippen molar-refractivity contribution in [1.29, 1.82) is 0 Å². The Bertz CT molecular complexity index is 835. The summed E-state index contributed by atoms with van der Waals surface area (Å²) in [4.78, 5) is 0. The van der Waals surface area contributed by atoms with Gasteiger partial charge in [0.2, 0.25) is 0 Å². The predicted molar refractivity (Wildman–Crippen MR) is 113 cm³/mol. The zero-order valence-electron chi connectivity index (χ0n) is 16.2. The minimum atomic E-state index is -3.86. The maximum Gasteiger partial charge on any atom is 0.478 e. The van der Waals surface area contributed by atoms with Gasteiger partial charge in [-0.05, 0) is 29.5 Å². The summed E-state index contributed by atoms with van der Waals surface area (Å²) in [6, 6.07) is 18.8. The zero-order chi connectivity index (χ0) is 20.5. The summed E-state index contributed by atoms with van der Waals surface area (Å²) in [6.07, 6.45) is 4.61. The van der Waals surface area contributed by atoms with E-state index in [0.717, 1.165) is 17.5 Å².